The number of hydrogen-bond acceptors (Lipinski definition) is 3. The topological polar surface area (TPSA) is 64.0 Å². The normalized spacial score (nSPS) is 10.6. The highest BCUT2D eigenvalue weighted by Gasteiger charge is 2.21. The van der Waals surface area contributed by atoms with Crippen LogP contribution in [0.5, 0.6) is 0 Å². The highest BCUT2D eigenvalue weighted by atomic mass is 16.2. The van der Waals surface area contributed by atoms with Gasteiger partial charge < -0.3 is 9.88 Å². The summed E-state index contributed by atoms with van der Waals surface area (Å²) in [6, 6.07) is 14.4. The predicted molar refractivity (Wildman–Crippen MR) is 108 cm³/mol. The molecular weight excluding hydrogens is 338 g/mol. The summed E-state index contributed by atoms with van der Waals surface area (Å²) in [5.74, 6) is -0.407. The van der Waals surface area contributed by atoms with Crippen LogP contribution in [-0.2, 0) is 6.54 Å². The number of para-hydroxylation sites is 1. The molecule has 1 N–H and O–H groups in total. The molecule has 5 heteroatoms. The predicted octanol–water partition coefficient (Wildman–Crippen LogP) is 4.27. The number of amides is 1. The van der Waals surface area contributed by atoms with Crippen molar-refractivity contribution in [2.24, 2.45) is 0 Å². The molecule has 0 spiro atoms. The summed E-state index contributed by atoms with van der Waals surface area (Å²) in [5, 5.41) is 2.84. The quantitative estimate of drug-likeness (QED) is 0.713. The molecule has 0 unspecified atom stereocenters. The lowest BCUT2D eigenvalue weighted by Gasteiger charge is -2.20. The molecule has 5 nitrogen and oxygen atoms in total. The van der Waals surface area contributed by atoms with E-state index in [1.807, 2.05) is 41.8 Å². The third-order valence-corrected chi connectivity index (χ3v) is 4.45. The summed E-state index contributed by atoms with van der Waals surface area (Å²) in [7, 11) is 0. The van der Waals surface area contributed by atoms with Gasteiger partial charge >= 0.3 is 0 Å². The van der Waals surface area contributed by atoms with Gasteiger partial charge in [-0.3, -0.25) is 14.6 Å². The molecule has 0 fully saturated rings. The number of nitrogens with zero attached hydrogens (tertiary/aromatic N) is 2. The number of anilines is 1. The van der Waals surface area contributed by atoms with Crippen LogP contribution >= 0.6 is 0 Å². The number of pyridine rings is 2. The van der Waals surface area contributed by atoms with Crippen molar-refractivity contribution in [3.63, 3.8) is 0 Å². The number of nitrogens with one attached hydrogen (secondary N) is 1. The van der Waals surface area contributed by atoms with Gasteiger partial charge in [0.25, 0.3) is 5.91 Å². The lowest BCUT2D eigenvalue weighted by Crippen LogP contribution is -2.26. The zero-order chi connectivity index (χ0) is 19.2. The maximum absolute atomic E-state index is 13.0. The summed E-state index contributed by atoms with van der Waals surface area (Å²) in [4.78, 5) is 30.0. The van der Waals surface area contributed by atoms with Gasteiger partial charge in [-0.25, -0.2) is 0 Å². The van der Waals surface area contributed by atoms with Gasteiger partial charge in [-0.15, -0.1) is 0 Å². The summed E-state index contributed by atoms with van der Waals surface area (Å²) in [5.41, 5.74) is 2.73. The molecule has 0 aliphatic carbocycles. The first-order valence-electron chi connectivity index (χ1n) is 9.13. The van der Waals surface area contributed by atoms with Crippen LogP contribution in [0.2, 0.25) is 0 Å². The van der Waals surface area contributed by atoms with Gasteiger partial charge in [0.1, 0.15) is 5.56 Å². The van der Waals surface area contributed by atoms with Gasteiger partial charge in [-0.05, 0) is 37.6 Å². The van der Waals surface area contributed by atoms with Gasteiger partial charge in [0, 0.05) is 41.9 Å². The molecule has 2 aromatic heterocycles. The van der Waals surface area contributed by atoms with E-state index in [0.717, 1.165) is 30.6 Å². The van der Waals surface area contributed by atoms with E-state index in [4.69, 9.17) is 0 Å². The molecule has 0 bridgehead atoms. The highest BCUT2D eigenvalue weighted by Crippen LogP contribution is 2.24. The summed E-state index contributed by atoms with van der Waals surface area (Å²) in [6.45, 7) is 4.75. The molecule has 3 rings (SSSR count). The van der Waals surface area contributed by atoms with Crippen molar-refractivity contribution >= 4 is 11.6 Å². The Labute approximate surface area is 158 Å². The zero-order valence-corrected chi connectivity index (χ0v) is 15.6. The Morgan fingerprint density at radius 2 is 1.93 bits per heavy atom. The Morgan fingerprint density at radius 3 is 2.59 bits per heavy atom. The molecule has 0 saturated carbocycles. The number of carbonyl (C=O) groups is 1. The monoisotopic (exact) mass is 361 g/mol. The molecule has 1 amide bonds. The third kappa shape index (κ3) is 4.14. The minimum absolute atomic E-state index is 0.147. The van der Waals surface area contributed by atoms with E-state index in [1.165, 1.54) is 6.07 Å². The fourth-order valence-corrected chi connectivity index (χ4v) is 3.11. The second-order valence-electron chi connectivity index (χ2n) is 6.44. The first kappa shape index (κ1) is 18.6. The number of benzene rings is 1. The molecule has 138 valence electrons. The van der Waals surface area contributed by atoms with Gasteiger partial charge in [0.15, 0.2) is 5.43 Å². The first-order valence-corrected chi connectivity index (χ1v) is 9.13. The lowest BCUT2D eigenvalue weighted by atomic mass is 10.0. The van der Waals surface area contributed by atoms with E-state index in [9.17, 15) is 9.59 Å². The van der Waals surface area contributed by atoms with Crippen LogP contribution in [0.1, 0.15) is 35.8 Å². The van der Waals surface area contributed by atoms with Gasteiger partial charge in [0.05, 0.1) is 5.69 Å². The van der Waals surface area contributed by atoms with Crippen LogP contribution in [0.4, 0.5) is 5.69 Å². The van der Waals surface area contributed by atoms with Crippen LogP contribution < -0.4 is 10.7 Å². The average Bonchev–Trinajstić information content (AvgIpc) is 2.68. The van der Waals surface area contributed by atoms with Crippen molar-refractivity contribution in [1.29, 1.82) is 0 Å². The smallest absolute Gasteiger partial charge is 0.261 e. The molecule has 0 saturated heterocycles. The highest BCUT2D eigenvalue weighted by molar-refractivity contribution is 6.08. The minimum Gasteiger partial charge on any atom is -0.344 e. The number of aryl methyl sites for hydroxylation is 1. The Balaban J connectivity index is 2.17. The van der Waals surface area contributed by atoms with E-state index >= 15 is 0 Å². The number of unbranched alkanes of at least 4 members (excludes halogenated alkanes) is 1. The Hall–Kier alpha value is -3.21. The second kappa shape index (κ2) is 8.45. The van der Waals surface area contributed by atoms with Crippen LogP contribution in [0.15, 0.2) is 65.7 Å². The number of hydrogen-bond donors (Lipinski definition) is 1. The average molecular weight is 361 g/mol. The van der Waals surface area contributed by atoms with Crippen LogP contribution in [-0.4, -0.2) is 15.5 Å². The standard InChI is InChI=1S/C22H23N3O2/c1-3-4-13-25-16(2)14-19(26)20(21(25)17-9-8-12-23-15-17)22(27)24-18-10-6-5-7-11-18/h5-12,14-15H,3-4,13H2,1-2H3,(H,24,27). The largest absolute Gasteiger partial charge is 0.344 e. The first-order chi connectivity index (χ1) is 13.1. The Morgan fingerprint density at radius 1 is 1.15 bits per heavy atom. The molecule has 1 aromatic carbocycles. The van der Waals surface area contributed by atoms with E-state index in [-0.39, 0.29) is 11.0 Å². The molecule has 2 heterocycles. The fourth-order valence-electron chi connectivity index (χ4n) is 3.11. The van der Waals surface area contributed by atoms with Gasteiger partial charge in [-0.2, -0.15) is 0 Å². The van der Waals surface area contributed by atoms with Crippen LogP contribution in [0.25, 0.3) is 11.3 Å². The SMILES string of the molecule is CCCCn1c(C)cc(=O)c(C(=O)Nc2ccccc2)c1-c1cccnc1. The molecule has 0 aliphatic rings. The number of rotatable bonds is 6. The van der Waals surface area contributed by atoms with Crippen molar-refractivity contribution in [1.82, 2.24) is 9.55 Å². The van der Waals surface area contributed by atoms with Crippen molar-refractivity contribution < 1.29 is 4.79 Å². The second-order valence-corrected chi connectivity index (χ2v) is 6.44. The van der Waals surface area contributed by atoms with Crippen molar-refractivity contribution in [2.75, 3.05) is 5.32 Å². The third-order valence-electron chi connectivity index (χ3n) is 4.45. The molecule has 0 atom stereocenters. The van der Waals surface area contributed by atoms with E-state index in [1.54, 1.807) is 24.5 Å². The Kier molecular flexibility index (Phi) is 5.81. The summed E-state index contributed by atoms with van der Waals surface area (Å²) < 4.78 is 2.04. The maximum Gasteiger partial charge on any atom is 0.261 e. The number of carbonyl (C=O) groups excluding carboxylic acids is 1. The van der Waals surface area contributed by atoms with E-state index in [2.05, 4.69) is 17.2 Å². The number of aromatic nitrogens is 2. The minimum atomic E-state index is -0.407. The zero-order valence-electron chi connectivity index (χ0n) is 15.6. The summed E-state index contributed by atoms with van der Waals surface area (Å²) >= 11 is 0. The summed E-state index contributed by atoms with van der Waals surface area (Å²) in [6.07, 6.45) is 5.34. The van der Waals surface area contributed by atoms with Crippen molar-refractivity contribution in [2.45, 2.75) is 33.2 Å². The van der Waals surface area contributed by atoms with Crippen LogP contribution in [0.3, 0.4) is 0 Å². The van der Waals surface area contributed by atoms with E-state index in [0.29, 0.717) is 11.4 Å². The van der Waals surface area contributed by atoms with Crippen molar-refractivity contribution in [3.8, 4) is 11.3 Å². The molecular formula is C22H23N3O2. The Bertz CT molecular complexity index is 980. The van der Waals surface area contributed by atoms with Crippen molar-refractivity contribution in [3.05, 3.63) is 82.4 Å². The van der Waals surface area contributed by atoms with Gasteiger partial charge in [-0.1, -0.05) is 31.5 Å². The molecule has 3 aromatic rings. The van der Waals surface area contributed by atoms with Gasteiger partial charge in [0.2, 0.25) is 0 Å². The molecule has 0 aliphatic heterocycles. The molecule has 0 radical (unpaired) electrons. The maximum atomic E-state index is 13.0. The molecule has 27 heavy (non-hydrogen) atoms. The fraction of sp³-hybridized carbons (Fsp3) is 0.227. The van der Waals surface area contributed by atoms with Crippen LogP contribution in [0, 0.1) is 6.92 Å². The van der Waals surface area contributed by atoms with E-state index < -0.39 is 5.91 Å². The lowest BCUT2D eigenvalue weighted by molar-refractivity contribution is 0.102.